The van der Waals surface area contributed by atoms with E-state index in [9.17, 15) is 14.4 Å². The van der Waals surface area contributed by atoms with Crippen molar-refractivity contribution in [3.05, 3.63) is 83.6 Å². The summed E-state index contributed by atoms with van der Waals surface area (Å²) < 4.78 is 5.80. The Morgan fingerprint density at radius 1 is 1.00 bits per heavy atom. The van der Waals surface area contributed by atoms with E-state index in [1.165, 1.54) is 23.5 Å². The average Bonchev–Trinajstić information content (AvgIpc) is 3.78. The van der Waals surface area contributed by atoms with Gasteiger partial charge in [-0.2, -0.15) is 9.59 Å². The quantitative estimate of drug-likeness (QED) is 0.0886. The molecule has 0 saturated heterocycles. The second kappa shape index (κ2) is 18.2. The van der Waals surface area contributed by atoms with Crippen LogP contribution in [0.1, 0.15) is 86.4 Å². The number of hydrogen-bond donors (Lipinski definition) is 2. The fraction of sp³-hybridized carbons (Fsp3) is 0.412. The summed E-state index contributed by atoms with van der Waals surface area (Å²) in [4.78, 5) is 60.2. The highest BCUT2D eigenvalue weighted by molar-refractivity contribution is 5.92. The average molecular weight is 604 g/mol. The number of nitrogens with one attached hydrogen (secondary N) is 2. The number of hydroxylamine groups is 2. The van der Waals surface area contributed by atoms with Crippen molar-refractivity contribution in [2.24, 2.45) is 5.92 Å². The zero-order valence-electron chi connectivity index (χ0n) is 25.3. The Kier molecular flexibility index (Phi) is 14.1. The minimum atomic E-state index is -0.488. The van der Waals surface area contributed by atoms with Gasteiger partial charge < -0.3 is 15.1 Å². The van der Waals surface area contributed by atoms with Gasteiger partial charge >= 0.3 is 6.15 Å². The predicted molar refractivity (Wildman–Crippen MR) is 162 cm³/mol. The van der Waals surface area contributed by atoms with Crippen molar-refractivity contribution < 1.29 is 33.2 Å². The Hall–Kier alpha value is -4.53. The van der Waals surface area contributed by atoms with Crippen LogP contribution >= 0.6 is 0 Å². The minimum absolute atomic E-state index is 0.0591. The third-order valence-electron chi connectivity index (χ3n) is 7.58. The molecule has 1 saturated carbocycles. The molecular weight excluding hydrogens is 562 g/mol. The van der Waals surface area contributed by atoms with Crippen LogP contribution in [0.3, 0.4) is 0 Å². The van der Waals surface area contributed by atoms with Gasteiger partial charge in [0, 0.05) is 5.56 Å². The highest BCUT2D eigenvalue weighted by Gasteiger charge is 2.32. The summed E-state index contributed by atoms with van der Waals surface area (Å²) in [6.07, 6.45) is 7.37. The largest absolute Gasteiger partial charge is 0.451 e. The first-order valence-corrected chi connectivity index (χ1v) is 15.1. The topological polar surface area (TPSA) is 135 Å². The molecule has 1 aliphatic carbocycles. The maximum atomic E-state index is 13.3. The van der Waals surface area contributed by atoms with Crippen molar-refractivity contribution in [1.29, 1.82) is 0 Å². The number of furan rings is 1. The summed E-state index contributed by atoms with van der Waals surface area (Å²) in [5, 5.41) is 6.81. The van der Waals surface area contributed by atoms with Crippen LogP contribution in [0.25, 0.3) is 11.3 Å². The normalized spacial score (nSPS) is 13.4. The molecular formula is C34H41N3O7. The minimum Gasteiger partial charge on any atom is -0.451 e. The molecule has 1 aliphatic rings. The SMILES string of the molecule is CCCCC[C@@H](C(=O)NCNC(=O)c1ccc(-c2ccc(C3CC3)cc2)o1)[C@@H](CC)N(C=O)OCc1ccccc1.O=C=O. The third-order valence-corrected chi connectivity index (χ3v) is 7.58. The zero-order valence-corrected chi connectivity index (χ0v) is 25.3. The first-order valence-electron chi connectivity index (χ1n) is 15.1. The van der Waals surface area contributed by atoms with Crippen LogP contribution in [0.2, 0.25) is 0 Å². The number of rotatable bonds is 17. The van der Waals surface area contributed by atoms with E-state index in [2.05, 4.69) is 29.7 Å². The Morgan fingerprint density at radius 3 is 2.32 bits per heavy atom. The Morgan fingerprint density at radius 2 is 1.70 bits per heavy atom. The van der Waals surface area contributed by atoms with Crippen molar-refractivity contribution >= 4 is 24.4 Å². The van der Waals surface area contributed by atoms with Gasteiger partial charge in [0.25, 0.3) is 5.91 Å². The standard InChI is InChI=1S/C33H41N3O5.CO2/c1-3-5-7-12-28(29(4-2)36(23-37)40-21-24-10-8-6-9-11-24)32(38)34-22-35-33(39)31-20-19-30(41-31)27-17-15-26(16-18-27)25-13-14-25;2-1-3/h6,8-11,15-20,23,25,28-29H,3-5,7,12-14,21-22H2,1-2H3,(H,34,38)(H,35,39);/t28-,29-;/m1./s1. The maximum absolute atomic E-state index is 13.3. The molecule has 2 N–H and O–H groups in total. The first kappa shape index (κ1) is 34.0. The van der Waals surface area contributed by atoms with Crippen molar-refractivity contribution in [2.75, 3.05) is 6.67 Å². The predicted octanol–water partition coefficient (Wildman–Crippen LogP) is 5.61. The molecule has 10 heteroatoms. The molecule has 3 aromatic rings. The summed E-state index contributed by atoms with van der Waals surface area (Å²) in [5.74, 6) is 0.332. The van der Waals surface area contributed by atoms with Gasteiger partial charge in [-0.25, -0.2) is 5.06 Å². The number of hydrogen-bond acceptors (Lipinski definition) is 7. The molecule has 0 bridgehead atoms. The van der Waals surface area contributed by atoms with E-state index in [1.54, 1.807) is 12.1 Å². The Labute approximate surface area is 258 Å². The van der Waals surface area contributed by atoms with E-state index in [0.717, 1.165) is 30.4 Å². The Balaban J connectivity index is 0.00000169. The van der Waals surface area contributed by atoms with Gasteiger partial charge in [-0.05, 0) is 54.9 Å². The summed E-state index contributed by atoms with van der Waals surface area (Å²) >= 11 is 0. The monoisotopic (exact) mass is 603 g/mol. The number of carbonyl (C=O) groups excluding carboxylic acids is 5. The lowest BCUT2D eigenvalue weighted by Crippen LogP contribution is -2.48. The summed E-state index contributed by atoms with van der Waals surface area (Å²) in [6, 6.07) is 20.8. The zero-order chi connectivity index (χ0) is 31.7. The van der Waals surface area contributed by atoms with Crippen LogP contribution in [0.15, 0.2) is 71.1 Å². The molecule has 234 valence electrons. The van der Waals surface area contributed by atoms with E-state index >= 15 is 0 Å². The van der Waals surface area contributed by atoms with Gasteiger partial charge in [0.2, 0.25) is 12.3 Å². The fourth-order valence-corrected chi connectivity index (χ4v) is 5.06. The molecule has 0 unspecified atom stereocenters. The van der Waals surface area contributed by atoms with Gasteiger partial charge in [0.1, 0.15) is 12.4 Å². The molecule has 3 amide bonds. The molecule has 0 aliphatic heterocycles. The molecule has 44 heavy (non-hydrogen) atoms. The molecule has 4 rings (SSSR count). The van der Waals surface area contributed by atoms with E-state index < -0.39 is 17.9 Å². The number of carbonyl (C=O) groups is 3. The maximum Gasteiger partial charge on any atom is 0.373 e. The van der Waals surface area contributed by atoms with Crippen LogP contribution < -0.4 is 10.6 Å². The van der Waals surface area contributed by atoms with Crippen molar-refractivity contribution in [2.45, 2.75) is 77.4 Å². The van der Waals surface area contributed by atoms with Crippen LogP contribution in [0, 0.1) is 5.92 Å². The van der Waals surface area contributed by atoms with Gasteiger partial charge in [0.15, 0.2) is 5.76 Å². The van der Waals surface area contributed by atoms with Gasteiger partial charge in [-0.15, -0.1) is 0 Å². The number of benzene rings is 2. The fourth-order valence-electron chi connectivity index (χ4n) is 5.06. The van der Waals surface area contributed by atoms with Crippen molar-refractivity contribution in [3.63, 3.8) is 0 Å². The molecule has 1 fully saturated rings. The van der Waals surface area contributed by atoms with E-state index in [4.69, 9.17) is 18.8 Å². The molecule has 2 atom stereocenters. The summed E-state index contributed by atoms with van der Waals surface area (Å²) in [6.45, 7) is 4.20. The molecule has 2 aromatic carbocycles. The molecule has 0 spiro atoms. The van der Waals surface area contributed by atoms with Crippen molar-refractivity contribution in [3.8, 4) is 11.3 Å². The number of unbranched alkanes of at least 4 members (excludes halogenated alkanes) is 2. The van der Waals surface area contributed by atoms with Crippen LogP contribution in [0.5, 0.6) is 0 Å². The highest BCUT2D eigenvalue weighted by atomic mass is 16.7. The smallest absolute Gasteiger partial charge is 0.373 e. The van der Waals surface area contributed by atoms with E-state index in [1.807, 2.05) is 49.4 Å². The van der Waals surface area contributed by atoms with E-state index in [-0.39, 0.29) is 31.1 Å². The first-order chi connectivity index (χ1) is 21.4. The van der Waals surface area contributed by atoms with Gasteiger partial charge in [0.05, 0.1) is 18.6 Å². The molecule has 0 radical (unpaired) electrons. The third kappa shape index (κ3) is 10.3. The summed E-state index contributed by atoms with van der Waals surface area (Å²) in [7, 11) is 0. The lowest BCUT2D eigenvalue weighted by atomic mass is 9.90. The molecule has 1 aromatic heterocycles. The number of nitrogens with zero attached hydrogens (tertiary/aromatic N) is 1. The lowest BCUT2D eigenvalue weighted by molar-refractivity contribution is -0.200. The number of amides is 3. The molecule has 10 nitrogen and oxygen atoms in total. The Bertz CT molecular complexity index is 1350. The summed E-state index contributed by atoms with van der Waals surface area (Å²) in [5.41, 5.74) is 3.18. The van der Waals surface area contributed by atoms with E-state index in [0.29, 0.717) is 30.9 Å². The van der Waals surface area contributed by atoms with Crippen LogP contribution in [-0.2, 0) is 30.6 Å². The lowest BCUT2D eigenvalue weighted by Gasteiger charge is -2.32. The van der Waals surface area contributed by atoms with Gasteiger partial charge in [-0.1, -0.05) is 87.7 Å². The van der Waals surface area contributed by atoms with Crippen molar-refractivity contribution in [1.82, 2.24) is 15.7 Å². The van der Waals surface area contributed by atoms with Gasteiger partial charge in [-0.3, -0.25) is 19.2 Å². The second-order valence-electron chi connectivity index (χ2n) is 10.7. The molecule has 1 heterocycles. The highest BCUT2D eigenvalue weighted by Crippen LogP contribution is 2.40. The van der Waals surface area contributed by atoms with Crippen LogP contribution in [-0.4, -0.2) is 42.1 Å². The second-order valence-corrected chi connectivity index (χ2v) is 10.7. The van der Waals surface area contributed by atoms with Crippen LogP contribution in [0.4, 0.5) is 0 Å².